The zero-order valence-corrected chi connectivity index (χ0v) is 11.3. The summed E-state index contributed by atoms with van der Waals surface area (Å²) in [7, 11) is 0. The summed E-state index contributed by atoms with van der Waals surface area (Å²) in [5.74, 6) is -0.917. The van der Waals surface area contributed by atoms with Crippen LogP contribution in [0.25, 0.3) is 20.9 Å². The highest BCUT2D eigenvalue weighted by molar-refractivity contribution is 5.79. The molecule has 114 valence electrons. The highest BCUT2D eigenvalue weighted by Crippen LogP contribution is 1.99. The van der Waals surface area contributed by atoms with Crippen LogP contribution in [0.15, 0.2) is 10.2 Å². The minimum atomic E-state index is -0.482. The number of carbonyl (C=O) groups is 2. The van der Waals surface area contributed by atoms with E-state index >= 15 is 0 Å². The molecule has 0 bridgehead atoms. The molecular weight excluding hydrogens is 280 g/mol. The van der Waals surface area contributed by atoms with Gasteiger partial charge in [0.2, 0.25) is 11.8 Å². The monoisotopic (exact) mass is 296 g/mol. The van der Waals surface area contributed by atoms with Gasteiger partial charge in [0.05, 0.1) is 0 Å². The second-order valence-corrected chi connectivity index (χ2v) is 4.15. The number of rotatable bonds is 6. The van der Waals surface area contributed by atoms with Gasteiger partial charge in [0, 0.05) is 22.9 Å². The van der Waals surface area contributed by atoms with Crippen molar-refractivity contribution >= 4 is 11.8 Å². The van der Waals surface area contributed by atoms with Crippen molar-refractivity contribution in [1.82, 2.24) is 21.1 Å². The lowest BCUT2D eigenvalue weighted by Gasteiger charge is -2.30. The highest BCUT2D eigenvalue weighted by atomic mass is 16.2. The van der Waals surface area contributed by atoms with Gasteiger partial charge < -0.3 is 10.6 Å². The highest BCUT2D eigenvalue weighted by Gasteiger charge is 2.23. The van der Waals surface area contributed by atoms with Crippen LogP contribution in [-0.4, -0.2) is 55.7 Å². The first kappa shape index (κ1) is 16.5. The third kappa shape index (κ3) is 6.45. The summed E-state index contributed by atoms with van der Waals surface area (Å²) in [6.07, 6.45) is 0.286. The molecule has 1 rings (SSSR count). The molecule has 1 aliphatic heterocycles. The minimum absolute atomic E-state index is 0.312. The van der Waals surface area contributed by atoms with Gasteiger partial charge in [-0.3, -0.25) is 15.0 Å². The second kappa shape index (κ2) is 9.39. The quantitative estimate of drug-likeness (QED) is 0.337. The van der Waals surface area contributed by atoms with E-state index in [9.17, 15) is 9.59 Å². The van der Waals surface area contributed by atoms with Crippen LogP contribution in [0.3, 0.4) is 0 Å². The lowest BCUT2D eigenvalue weighted by molar-refractivity contribution is -0.129. The first-order valence-electron chi connectivity index (χ1n) is 6.25. The molecule has 21 heavy (non-hydrogen) atoms. The Labute approximate surface area is 120 Å². The maximum Gasteiger partial charge on any atom is 0.240 e. The molecule has 0 spiro atoms. The maximum atomic E-state index is 11.6. The fourth-order valence-corrected chi connectivity index (χ4v) is 1.76. The topological polar surface area (TPSA) is 171 Å². The molecule has 0 saturated carbocycles. The van der Waals surface area contributed by atoms with Crippen molar-refractivity contribution in [2.24, 2.45) is 10.2 Å². The Bertz CT molecular complexity index is 425. The average molecular weight is 296 g/mol. The van der Waals surface area contributed by atoms with E-state index in [-0.39, 0.29) is 13.1 Å². The summed E-state index contributed by atoms with van der Waals surface area (Å²) in [6.45, 7) is 1.05. The molecule has 1 aliphatic rings. The van der Waals surface area contributed by atoms with Crippen molar-refractivity contribution in [2.75, 3.05) is 32.7 Å². The summed E-state index contributed by atoms with van der Waals surface area (Å²) in [5.41, 5.74) is 18.9. The Kier molecular flexibility index (Phi) is 7.40. The molecule has 1 heterocycles. The number of nitrogens with one attached hydrogen (secondary N) is 3. The van der Waals surface area contributed by atoms with E-state index in [1.54, 1.807) is 5.01 Å². The average Bonchev–Trinajstić information content (AvgIpc) is 2.68. The van der Waals surface area contributed by atoms with Crippen molar-refractivity contribution in [1.29, 1.82) is 0 Å². The van der Waals surface area contributed by atoms with E-state index in [1.165, 1.54) is 0 Å². The normalized spacial score (nSPS) is 18.6. The van der Waals surface area contributed by atoms with Gasteiger partial charge in [-0.05, 0) is 24.0 Å². The first-order chi connectivity index (χ1) is 10.2. The van der Waals surface area contributed by atoms with Crippen LogP contribution in [0, 0.1) is 0 Å². The minimum Gasteiger partial charge on any atom is -0.338 e. The molecular formula is C9H16N10O2. The van der Waals surface area contributed by atoms with Crippen LogP contribution in [-0.2, 0) is 9.59 Å². The number of hydrogen-bond acceptors (Lipinski definition) is 6. The molecule has 1 saturated heterocycles. The second-order valence-electron chi connectivity index (χ2n) is 4.15. The summed E-state index contributed by atoms with van der Waals surface area (Å²) < 4.78 is 0. The zero-order valence-electron chi connectivity index (χ0n) is 11.3. The van der Waals surface area contributed by atoms with Crippen molar-refractivity contribution in [2.45, 2.75) is 12.6 Å². The molecule has 0 radical (unpaired) electrons. The van der Waals surface area contributed by atoms with Gasteiger partial charge in [0.25, 0.3) is 0 Å². The molecule has 1 unspecified atom stereocenters. The molecule has 3 N–H and O–H groups in total. The lowest BCUT2D eigenvalue weighted by Crippen LogP contribution is -2.58. The number of carbonyl (C=O) groups excluding carboxylic acids is 2. The summed E-state index contributed by atoms with van der Waals surface area (Å²) in [4.78, 5) is 28.2. The summed E-state index contributed by atoms with van der Waals surface area (Å²) in [6, 6.07) is 0. The van der Waals surface area contributed by atoms with Gasteiger partial charge in [0.1, 0.15) is 19.3 Å². The SMILES string of the molecule is [N-]=[N+]=NCC(=O)NC1CNCCCN1NC(=O)CN=[N+]=[N-]. The van der Waals surface area contributed by atoms with Gasteiger partial charge in [0.15, 0.2) is 0 Å². The van der Waals surface area contributed by atoms with Crippen LogP contribution >= 0.6 is 0 Å². The number of azide groups is 2. The van der Waals surface area contributed by atoms with Crippen LogP contribution < -0.4 is 16.1 Å². The molecule has 1 atom stereocenters. The van der Waals surface area contributed by atoms with Crippen LogP contribution in [0.5, 0.6) is 0 Å². The van der Waals surface area contributed by atoms with Gasteiger partial charge >= 0.3 is 0 Å². The van der Waals surface area contributed by atoms with Crippen LogP contribution in [0.4, 0.5) is 0 Å². The van der Waals surface area contributed by atoms with Gasteiger partial charge in [-0.25, -0.2) is 0 Å². The standard InChI is InChI=1S/C9H16N10O2/c10-17-13-5-8(20)15-7-4-12-2-1-3-19(7)16-9(21)6-14-18-11/h7,12H,1-6H2,(H,15,20)(H,16,21). The molecule has 1 fully saturated rings. The number of hydrogen-bond donors (Lipinski definition) is 3. The van der Waals surface area contributed by atoms with Crippen molar-refractivity contribution < 1.29 is 9.59 Å². The fraction of sp³-hybridized carbons (Fsp3) is 0.778. The van der Waals surface area contributed by atoms with Crippen LogP contribution in [0.2, 0.25) is 0 Å². The Hall–Kier alpha value is -2.52. The van der Waals surface area contributed by atoms with E-state index in [0.717, 1.165) is 13.0 Å². The fourth-order valence-electron chi connectivity index (χ4n) is 1.76. The Morgan fingerprint density at radius 1 is 1.24 bits per heavy atom. The predicted molar refractivity (Wildman–Crippen MR) is 72.3 cm³/mol. The first-order valence-corrected chi connectivity index (χ1v) is 6.25. The van der Waals surface area contributed by atoms with Gasteiger partial charge in [-0.1, -0.05) is 10.2 Å². The Morgan fingerprint density at radius 3 is 2.57 bits per heavy atom. The largest absolute Gasteiger partial charge is 0.338 e. The van der Waals surface area contributed by atoms with E-state index < -0.39 is 18.0 Å². The number of nitrogens with zero attached hydrogens (tertiary/aromatic N) is 7. The van der Waals surface area contributed by atoms with Crippen molar-refractivity contribution in [3.8, 4) is 0 Å². The third-order valence-corrected chi connectivity index (χ3v) is 2.62. The molecule has 12 nitrogen and oxygen atoms in total. The summed E-state index contributed by atoms with van der Waals surface area (Å²) in [5, 5.41) is 13.7. The van der Waals surface area contributed by atoms with E-state index in [2.05, 4.69) is 36.1 Å². The van der Waals surface area contributed by atoms with Crippen LogP contribution in [0.1, 0.15) is 6.42 Å². The molecule has 0 aromatic heterocycles. The van der Waals surface area contributed by atoms with Crippen molar-refractivity contribution in [3.05, 3.63) is 20.9 Å². The lowest BCUT2D eigenvalue weighted by atomic mass is 10.4. The molecule has 2 amide bonds. The molecule has 0 aliphatic carbocycles. The molecule has 12 heteroatoms. The zero-order chi connectivity index (χ0) is 15.5. The van der Waals surface area contributed by atoms with E-state index in [0.29, 0.717) is 13.1 Å². The molecule has 0 aromatic rings. The smallest absolute Gasteiger partial charge is 0.240 e. The van der Waals surface area contributed by atoms with Gasteiger partial charge in [-0.2, -0.15) is 5.01 Å². The number of amides is 2. The third-order valence-electron chi connectivity index (χ3n) is 2.62. The maximum absolute atomic E-state index is 11.6. The predicted octanol–water partition coefficient (Wildman–Crippen LogP) is -0.624. The Balaban J connectivity index is 2.61. The Morgan fingerprint density at radius 2 is 1.90 bits per heavy atom. The van der Waals surface area contributed by atoms with Crippen molar-refractivity contribution in [3.63, 3.8) is 0 Å². The van der Waals surface area contributed by atoms with E-state index in [4.69, 9.17) is 11.1 Å². The number of hydrazine groups is 1. The van der Waals surface area contributed by atoms with E-state index in [1.807, 2.05) is 0 Å². The summed E-state index contributed by atoms with van der Waals surface area (Å²) >= 11 is 0. The molecule has 0 aromatic carbocycles. The van der Waals surface area contributed by atoms with Gasteiger partial charge in [-0.15, -0.1) is 0 Å².